The van der Waals surface area contributed by atoms with Crippen molar-refractivity contribution in [3.05, 3.63) is 24.2 Å². The van der Waals surface area contributed by atoms with Gasteiger partial charge in [-0.3, -0.25) is 0 Å². The van der Waals surface area contributed by atoms with E-state index in [2.05, 4.69) is 44.3 Å². The highest BCUT2D eigenvalue weighted by atomic mass is 16.5. The molecule has 0 spiro atoms. The van der Waals surface area contributed by atoms with Crippen LogP contribution in [-0.4, -0.2) is 29.7 Å². The smallest absolute Gasteiger partial charge is 0.248 e. The van der Waals surface area contributed by atoms with E-state index in [0.29, 0.717) is 17.8 Å². The maximum absolute atomic E-state index is 5.30. The lowest BCUT2D eigenvalue weighted by atomic mass is 10.1. The van der Waals surface area contributed by atoms with Crippen LogP contribution in [0.5, 0.6) is 0 Å². The monoisotopic (exact) mass is 301 g/mol. The van der Waals surface area contributed by atoms with Gasteiger partial charge in [-0.25, -0.2) is 9.97 Å². The molecule has 1 N–H and O–H groups in total. The van der Waals surface area contributed by atoms with E-state index >= 15 is 0 Å². The van der Waals surface area contributed by atoms with Crippen molar-refractivity contribution in [3.8, 4) is 0 Å². The highest BCUT2D eigenvalue weighted by Gasteiger charge is 2.16. The van der Waals surface area contributed by atoms with Crippen LogP contribution in [0.25, 0.3) is 11.2 Å². The second kappa shape index (κ2) is 5.70. The summed E-state index contributed by atoms with van der Waals surface area (Å²) in [4.78, 5) is 17.3. The summed E-state index contributed by atoms with van der Waals surface area (Å²) in [7, 11) is 1.89. The quantitative estimate of drug-likeness (QED) is 0.771. The summed E-state index contributed by atoms with van der Waals surface area (Å²) in [5, 5.41) is 7.17. The number of anilines is 1. The Morgan fingerprint density at radius 2 is 2.05 bits per heavy atom. The average Bonchev–Trinajstić information content (AvgIpc) is 3.06. The first kappa shape index (κ1) is 14.4. The zero-order valence-electron chi connectivity index (χ0n) is 13.1. The number of hydrogen-bond donors (Lipinski definition) is 1. The van der Waals surface area contributed by atoms with E-state index in [1.165, 1.54) is 0 Å². The van der Waals surface area contributed by atoms with Gasteiger partial charge in [0.1, 0.15) is 11.6 Å². The van der Waals surface area contributed by atoms with Gasteiger partial charge >= 0.3 is 0 Å². The van der Waals surface area contributed by atoms with Crippen molar-refractivity contribution in [1.29, 1.82) is 0 Å². The molecule has 1 atom stereocenters. The van der Waals surface area contributed by atoms with E-state index in [0.717, 1.165) is 23.4 Å². The third-order valence-electron chi connectivity index (χ3n) is 3.24. The summed E-state index contributed by atoms with van der Waals surface area (Å²) in [5.41, 5.74) is 1.54. The molecule has 1 unspecified atom stereocenters. The lowest BCUT2D eigenvalue weighted by Gasteiger charge is -2.09. The Labute approximate surface area is 128 Å². The van der Waals surface area contributed by atoms with Crippen LogP contribution in [0.15, 0.2) is 17.0 Å². The van der Waals surface area contributed by atoms with E-state index in [1.807, 2.05) is 18.5 Å². The maximum atomic E-state index is 5.30. The molecule has 8 heteroatoms. The number of rotatable bonds is 5. The molecule has 0 radical (unpaired) electrons. The molecule has 0 bridgehead atoms. The number of nitrogens with zero attached hydrogens (tertiary/aromatic N) is 6. The summed E-state index contributed by atoms with van der Waals surface area (Å²) in [5.74, 6) is 2.25. The molecule has 0 aliphatic heterocycles. The van der Waals surface area contributed by atoms with Crippen molar-refractivity contribution in [2.75, 3.05) is 5.32 Å². The number of aryl methyl sites for hydroxylation is 1. The van der Waals surface area contributed by atoms with Crippen molar-refractivity contribution < 1.29 is 4.52 Å². The van der Waals surface area contributed by atoms with Crippen molar-refractivity contribution in [3.63, 3.8) is 0 Å². The Kier molecular flexibility index (Phi) is 3.74. The zero-order chi connectivity index (χ0) is 15.7. The Bertz CT molecular complexity index is 776. The molecule has 0 aliphatic rings. The van der Waals surface area contributed by atoms with Crippen LogP contribution in [0.2, 0.25) is 0 Å². The van der Waals surface area contributed by atoms with Crippen LogP contribution in [-0.2, 0) is 13.5 Å². The van der Waals surface area contributed by atoms with Crippen LogP contribution in [0, 0.1) is 5.92 Å². The highest BCUT2D eigenvalue weighted by molar-refractivity contribution is 5.70. The van der Waals surface area contributed by atoms with Crippen molar-refractivity contribution in [2.24, 2.45) is 13.0 Å². The second-order valence-corrected chi connectivity index (χ2v) is 5.77. The van der Waals surface area contributed by atoms with Gasteiger partial charge in [0.15, 0.2) is 11.5 Å². The first-order valence-electron chi connectivity index (χ1n) is 7.26. The van der Waals surface area contributed by atoms with Crippen molar-refractivity contribution in [1.82, 2.24) is 29.7 Å². The van der Waals surface area contributed by atoms with E-state index in [4.69, 9.17) is 4.52 Å². The molecule has 3 heterocycles. The Morgan fingerprint density at radius 3 is 2.82 bits per heavy atom. The number of imidazole rings is 1. The predicted molar refractivity (Wildman–Crippen MR) is 81.2 cm³/mol. The van der Waals surface area contributed by atoms with E-state index in [-0.39, 0.29) is 6.04 Å². The van der Waals surface area contributed by atoms with Gasteiger partial charge in [-0.05, 0) is 12.8 Å². The molecule has 3 rings (SSSR count). The van der Waals surface area contributed by atoms with Crippen LogP contribution >= 0.6 is 0 Å². The van der Waals surface area contributed by atoms with Gasteiger partial charge in [0.05, 0.1) is 12.5 Å². The fourth-order valence-electron chi connectivity index (χ4n) is 2.14. The topological polar surface area (TPSA) is 94.6 Å². The standard InChI is InChI=1S/C14H19N7O/c1-8(2)5-11-18-13(22-20-11)9(3)17-14-15-6-10-12(19-14)21(4)7-16-10/h6-9H,5H2,1-4H3,(H,15,17,19). The van der Waals surface area contributed by atoms with Gasteiger partial charge in [0.2, 0.25) is 11.8 Å². The molecule has 3 aromatic rings. The molecule has 0 amide bonds. The number of fused-ring (bicyclic) bond motifs is 1. The van der Waals surface area contributed by atoms with E-state index in [9.17, 15) is 0 Å². The van der Waals surface area contributed by atoms with E-state index in [1.54, 1.807) is 12.5 Å². The Morgan fingerprint density at radius 1 is 1.23 bits per heavy atom. The van der Waals surface area contributed by atoms with Crippen LogP contribution in [0.1, 0.15) is 38.5 Å². The van der Waals surface area contributed by atoms with Gasteiger partial charge in [-0.2, -0.15) is 9.97 Å². The summed E-state index contributed by atoms with van der Waals surface area (Å²) < 4.78 is 7.15. The minimum absolute atomic E-state index is 0.168. The van der Waals surface area contributed by atoms with E-state index < -0.39 is 0 Å². The molecular formula is C14H19N7O. The predicted octanol–water partition coefficient (Wildman–Crippen LogP) is 2.12. The Balaban J connectivity index is 1.75. The summed E-state index contributed by atoms with van der Waals surface area (Å²) in [6.07, 6.45) is 4.20. The summed E-state index contributed by atoms with van der Waals surface area (Å²) in [6, 6.07) is -0.168. The largest absolute Gasteiger partial charge is 0.343 e. The lowest BCUT2D eigenvalue weighted by molar-refractivity contribution is 0.360. The minimum atomic E-state index is -0.168. The third-order valence-corrected chi connectivity index (χ3v) is 3.24. The van der Waals surface area contributed by atoms with Gasteiger partial charge in [-0.1, -0.05) is 19.0 Å². The molecule has 0 saturated heterocycles. The number of hydrogen-bond acceptors (Lipinski definition) is 7. The molecule has 0 aromatic carbocycles. The average molecular weight is 301 g/mol. The van der Waals surface area contributed by atoms with Gasteiger partial charge in [0.25, 0.3) is 0 Å². The van der Waals surface area contributed by atoms with Crippen molar-refractivity contribution in [2.45, 2.75) is 33.2 Å². The van der Waals surface area contributed by atoms with Crippen LogP contribution in [0.3, 0.4) is 0 Å². The summed E-state index contributed by atoms with van der Waals surface area (Å²) >= 11 is 0. The third kappa shape index (κ3) is 2.90. The number of nitrogens with one attached hydrogen (secondary N) is 1. The SMILES string of the molecule is CC(C)Cc1noc(C(C)Nc2ncc3ncn(C)c3n2)n1. The molecule has 116 valence electrons. The molecule has 0 aliphatic carbocycles. The molecular weight excluding hydrogens is 282 g/mol. The maximum Gasteiger partial charge on any atom is 0.248 e. The Hall–Kier alpha value is -2.51. The minimum Gasteiger partial charge on any atom is -0.343 e. The fraction of sp³-hybridized carbons (Fsp3) is 0.500. The molecule has 3 aromatic heterocycles. The molecule has 8 nitrogen and oxygen atoms in total. The fourth-order valence-corrected chi connectivity index (χ4v) is 2.14. The number of aromatic nitrogens is 6. The van der Waals surface area contributed by atoms with Crippen LogP contribution < -0.4 is 5.32 Å². The zero-order valence-corrected chi connectivity index (χ0v) is 13.1. The normalized spacial score (nSPS) is 13.0. The first-order valence-corrected chi connectivity index (χ1v) is 7.26. The second-order valence-electron chi connectivity index (χ2n) is 5.77. The van der Waals surface area contributed by atoms with Gasteiger partial charge in [0, 0.05) is 13.5 Å². The van der Waals surface area contributed by atoms with Gasteiger partial charge in [-0.15, -0.1) is 0 Å². The highest BCUT2D eigenvalue weighted by Crippen LogP contribution is 2.17. The van der Waals surface area contributed by atoms with Gasteiger partial charge < -0.3 is 14.4 Å². The van der Waals surface area contributed by atoms with Crippen LogP contribution in [0.4, 0.5) is 5.95 Å². The molecule has 0 fully saturated rings. The molecule has 22 heavy (non-hydrogen) atoms. The summed E-state index contributed by atoms with van der Waals surface area (Å²) in [6.45, 7) is 6.17. The molecule has 0 saturated carbocycles. The lowest BCUT2D eigenvalue weighted by Crippen LogP contribution is -2.10. The van der Waals surface area contributed by atoms with Crippen molar-refractivity contribution >= 4 is 17.1 Å². The first-order chi connectivity index (χ1) is 10.5.